The highest BCUT2D eigenvalue weighted by atomic mass is 16.1. The number of piperidine rings is 3. The van der Waals surface area contributed by atoms with Crippen molar-refractivity contribution in [1.29, 1.82) is 0 Å². The molecule has 5 heteroatoms. The zero-order chi connectivity index (χ0) is 17.7. The van der Waals surface area contributed by atoms with Crippen LogP contribution in [0.3, 0.4) is 0 Å². The molecule has 2 aromatic carbocycles. The summed E-state index contributed by atoms with van der Waals surface area (Å²) in [5, 5.41) is 5.54. The summed E-state index contributed by atoms with van der Waals surface area (Å²) in [5.41, 5.74) is 9.32. The fourth-order valence-electron chi connectivity index (χ4n) is 4.59. The third-order valence-corrected chi connectivity index (χ3v) is 5.98. The number of carbonyl (C=O) groups excluding carboxylic acids is 1. The summed E-state index contributed by atoms with van der Waals surface area (Å²) in [6.45, 7) is 3.37. The maximum atomic E-state index is 12.0. The van der Waals surface area contributed by atoms with Gasteiger partial charge in [0.2, 0.25) is 0 Å². The molecule has 6 rings (SSSR count). The molecule has 0 aliphatic carbocycles. The molecular weight excluding hydrogens is 324 g/mol. The minimum atomic E-state index is -0.456. The Morgan fingerprint density at radius 2 is 1.81 bits per heavy atom. The fraction of sp³-hybridized carbons (Fsp3) is 0.333. The first-order chi connectivity index (χ1) is 12.7. The zero-order valence-corrected chi connectivity index (χ0v) is 14.6. The number of nitrogens with zero attached hydrogens (tertiary/aromatic N) is 3. The Morgan fingerprint density at radius 3 is 2.46 bits per heavy atom. The molecule has 0 saturated carbocycles. The van der Waals surface area contributed by atoms with E-state index in [-0.39, 0.29) is 0 Å². The molecule has 3 aliphatic rings. The summed E-state index contributed by atoms with van der Waals surface area (Å²) < 4.78 is 2.08. The summed E-state index contributed by atoms with van der Waals surface area (Å²) in [6, 6.07) is 16.8. The molecule has 3 aliphatic heterocycles. The van der Waals surface area contributed by atoms with Crippen LogP contribution in [0.1, 0.15) is 29.4 Å². The van der Waals surface area contributed by atoms with E-state index < -0.39 is 5.91 Å². The number of carbonyl (C=O) groups is 1. The average molecular weight is 346 g/mol. The Morgan fingerprint density at radius 1 is 1.04 bits per heavy atom. The second-order valence-electron chi connectivity index (χ2n) is 7.46. The Kier molecular flexibility index (Phi) is 3.57. The predicted octanol–water partition coefficient (Wildman–Crippen LogP) is 3.07. The molecule has 2 N–H and O–H groups in total. The summed E-state index contributed by atoms with van der Waals surface area (Å²) >= 11 is 0. The van der Waals surface area contributed by atoms with Crippen molar-refractivity contribution in [2.24, 2.45) is 11.7 Å². The van der Waals surface area contributed by atoms with Crippen LogP contribution in [0.25, 0.3) is 22.0 Å². The van der Waals surface area contributed by atoms with E-state index in [9.17, 15) is 4.79 Å². The first-order valence-corrected chi connectivity index (χ1v) is 9.30. The molecule has 2 bridgehead atoms. The van der Waals surface area contributed by atoms with Gasteiger partial charge in [-0.15, -0.1) is 0 Å². The van der Waals surface area contributed by atoms with Gasteiger partial charge in [0.15, 0.2) is 5.69 Å². The lowest BCUT2D eigenvalue weighted by Gasteiger charge is -2.44. The molecule has 3 aromatic rings. The quantitative estimate of drug-likeness (QED) is 0.793. The lowest BCUT2D eigenvalue weighted by Crippen LogP contribution is -2.48. The summed E-state index contributed by atoms with van der Waals surface area (Å²) in [7, 11) is 0. The summed E-state index contributed by atoms with van der Waals surface area (Å²) in [5.74, 6) is 0.173. The molecular formula is C21H22N4O. The minimum absolute atomic E-state index is 0.319. The van der Waals surface area contributed by atoms with Crippen molar-refractivity contribution in [1.82, 2.24) is 14.7 Å². The van der Waals surface area contributed by atoms with E-state index >= 15 is 0 Å². The van der Waals surface area contributed by atoms with Crippen LogP contribution in [0, 0.1) is 5.92 Å². The maximum absolute atomic E-state index is 12.0. The Hall–Kier alpha value is -2.66. The highest BCUT2D eigenvalue weighted by Crippen LogP contribution is 2.38. The number of aromatic nitrogens is 2. The topological polar surface area (TPSA) is 64.2 Å². The van der Waals surface area contributed by atoms with Gasteiger partial charge in [-0.05, 0) is 55.1 Å². The lowest BCUT2D eigenvalue weighted by atomic mass is 9.84. The summed E-state index contributed by atoms with van der Waals surface area (Å²) in [4.78, 5) is 14.5. The molecule has 4 heterocycles. The monoisotopic (exact) mass is 346 g/mol. The maximum Gasteiger partial charge on any atom is 0.269 e. The first-order valence-electron chi connectivity index (χ1n) is 9.30. The number of fused-ring (bicyclic) bond motifs is 4. The lowest BCUT2D eigenvalue weighted by molar-refractivity contribution is 0.0531. The number of nitrogens with two attached hydrogens (primary N) is 1. The van der Waals surface area contributed by atoms with E-state index in [0.717, 1.165) is 28.6 Å². The largest absolute Gasteiger partial charge is 0.364 e. The van der Waals surface area contributed by atoms with Crippen molar-refractivity contribution in [3.8, 4) is 11.1 Å². The molecule has 1 amide bonds. The van der Waals surface area contributed by atoms with Gasteiger partial charge >= 0.3 is 0 Å². The molecule has 26 heavy (non-hydrogen) atoms. The van der Waals surface area contributed by atoms with Crippen molar-refractivity contribution < 1.29 is 4.79 Å². The van der Waals surface area contributed by atoms with Gasteiger partial charge in [0, 0.05) is 11.9 Å². The highest BCUT2D eigenvalue weighted by molar-refractivity contribution is 6.04. The van der Waals surface area contributed by atoms with Gasteiger partial charge in [0.05, 0.1) is 11.6 Å². The Balaban J connectivity index is 1.68. The van der Waals surface area contributed by atoms with Crippen LogP contribution in [-0.2, 0) is 0 Å². The highest BCUT2D eigenvalue weighted by Gasteiger charge is 2.37. The van der Waals surface area contributed by atoms with Gasteiger partial charge in [0.25, 0.3) is 5.91 Å². The zero-order valence-electron chi connectivity index (χ0n) is 14.6. The molecule has 132 valence electrons. The van der Waals surface area contributed by atoms with Gasteiger partial charge in [-0.25, -0.2) is 0 Å². The van der Waals surface area contributed by atoms with Gasteiger partial charge in [-0.2, -0.15) is 5.10 Å². The van der Waals surface area contributed by atoms with Crippen molar-refractivity contribution in [2.45, 2.75) is 18.9 Å². The van der Waals surface area contributed by atoms with Crippen molar-refractivity contribution in [3.63, 3.8) is 0 Å². The molecule has 5 nitrogen and oxygen atoms in total. The van der Waals surface area contributed by atoms with E-state index in [1.54, 1.807) is 0 Å². The Bertz CT molecular complexity index is 970. The van der Waals surface area contributed by atoms with Gasteiger partial charge in [-0.1, -0.05) is 36.4 Å². The van der Waals surface area contributed by atoms with E-state index in [4.69, 9.17) is 5.73 Å². The van der Waals surface area contributed by atoms with Crippen molar-refractivity contribution >= 4 is 16.8 Å². The molecule has 0 spiro atoms. The third kappa shape index (κ3) is 2.42. The Labute approximate surface area is 152 Å². The van der Waals surface area contributed by atoms with Gasteiger partial charge in [-0.3, -0.25) is 9.48 Å². The molecule has 3 saturated heterocycles. The third-order valence-electron chi connectivity index (χ3n) is 5.98. The van der Waals surface area contributed by atoms with E-state index in [0.29, 0.717) is 17.7 Å². The van der Waals surface area contributed by atoms with Crippen LogP contribution in [0.5, 0.6) is 0 Å². The molecule has 1 unspecified atom stereocenters. The molecule has 0 radical (unpaired) electrons. The normalized spacial score (nSPS) is 24.8. The van der Waals surface area contributed by atoms with Crippen LogP contribution in [0.4, 0.5) is 0 Å². The number of primary amides is 1. The fourth-order valence-corrected chi connectivity index (χ4v) is 4.59. The van der Waals surface area contributed by atoms with Crippen LogP contribution >= 0.6 is 0 Å². The number of benzene rings is 2. The standard InChI is InChI=1S/C21H22N4O/c22-21(26)20-17-7-6-16(14-4-2-1-3-5-14)12-18(17)25(23-20)19-13-24-10-8-15(19)9-11-24/h1-7,12,15,19H,8-11,13H2,(H2,22,26). The molecule has 1 aromatic heterocycles. The van der Waals surface area contributed by atoms with Crippen LogP contribution < -0.4 is 5.73 Å². The number of hydrogen-bond acceptors (Lipinski definition) is 3. The number of hydrogen-bond donors (Lipinski definition) is 1. The van der Waals surface area contributed by atoms with Crippen LogP contribution in [0.2, 0.25) is 0 Å². The minimum Gasteiger partial charge on any atom is -0.364 e. The van der Waals surface area contributed by atoms with Gasteiger partial charge in [0.1, 0.15) is 0 Å². The van der Waals surface area contributed by atoms with Gasteiger partial charge < -0.3 is 10.6 Å². The second-order valence-corrected chi connectivity index (χ2v) is 7.46. The van der Waals surface area contributed by atoms with E-state index in [2.05, 4.69) is 32.9 Å². The number of amides is 1. The smallest absolute Gasteiger partial charge is 0.269 e. The summed E-state index contributed by atoms with van der Waals surface area (Å²) in [6.07, 6.45) is 2.41. The average Bonchev–Trinajstić information content (AvgIpc) is 3.08. The van der Waals surface area contributed by atoms with Crippen molar-refractivity contribution in [2.75, 3.05) is 19.6 Å². The van der Waals surface area contributed by atoms with Crippen LogP contribution in [-0.4, -0.2) is 40.2 Å². The van der Waals surface area contributed by atoms with E-state index in [1.165, 1.54) is 25.9 Å². The predicted molar refractivity (Wildman–Crippen MR) is 102 cm³/mol. The van der Waals surface area contributed by atoms with E-state index in [1.807, 2.05) is 30.3 Å². The van der Waals surface area contributed by atoms with Crippen LogP contribution in [0.15, 0.2) is 48.5 Å². The number of rotatable bonds is 3. The molecule has 3 fully saturated rings. The second kappa shape index (κ2) is 5.95. The SMILES string of the molecule is NC(=O)c1nn(C2CN3CCC2CC3)c2cc(-c3ccccc3)ccc12. The van der Waals surface area contributed by atoms with Crippen molar-refractivity contribution in [3.05, 3.63) is 54.2 Å². The molecule has 1 atom stereocenters. The first kappa shape index (κ1) is 15.6.